The van der Waals surface area contributed by atoms with Crippen molar-refractivity contribution in [3.8, 4) is 0 Å². The smallest absolute Gasteiger partial charge is 0.163 e. The molecule has 0 heterocycles. The van der Waals surface area contributed by atoms with Gasteiger partial charge in [0.15, 0.2) is 15.6 Å². The summed E-state index contributed by atoms with van der Waals surface area (Å²) in [7, 11) is -3.11. The minimum atomic E-state index is -3.11. The lowest BCUT2D eigenvalue weighted by atomic mass is 10.1. The van der Waals surface area contributed by atoms with Crippen molar-refractivity contribution in [1.29, 1.82) is 0 Å². The van der Waals surface area contributed by atoms with E-state index in [1.54, 1.807) is 25.1 Å². The first kappa shape index (κ1) is 14.7. The van der Waals surface area contributed by atoms with Gasteiger partial charge in [-0.3, -0.25) is 4.79 Å². The van der Waals surface area contributed by atoms with E-state index >= 15 is 0 Å². The van der Waals surface area contributed by atoms with E-state index in [-0.39, 0.29) is 23.7 Å². The molecule has 1 aromatic carbocycles. The second-order valence-electron chi connectivity index (χ2n) is 4.40. The maximum absolute atomic E-state index is 11.8. The van der Waals surface area contributed by atoms with Crippen LogP contribution in [-0.2, 0) is 9.84 Å². The Bertz CT molecular complexity index is 535. The first-order valence-corrected chi connectivity index (χ1v) is 7.77. The van der Waals surface area contributed by atoms with E-state index in [9.17, 15) is 13.2 Å². The average molecular weight is 269 g/mol. The number of nitrogens with two attached hydrogens (primary N) is 1. The molecule has 0 atom stereocenters. The molecule has 0 unspecified atom stereocenters. The van der Waals surface area contributed by atoms with Gasteiger partial charge < -0.3 is 5.73 Å². The molecule has 0 saturated carbocycles. The molecule has 100 valence electrons. The second-order valence-corrected chi connectivity index (χ2v) is 6.70. The summed E-state index contributed by atoms with van der Waals surface area (Å²) < 4.78 is 23.0. The van der Waals surface area contributed by atoms with Crippen molar-refractivity contribution in [1.82, 2.24) is 0 Å². The van der Waals surface area contributed by atoms with Gasteiger partial charge in [0.05, 0.1) is 5.75 Å². The van der Waals surface area contributed by atoms with E-state index < -0.39 is 9.84 Å². The summed E-state index contributed by atoms with van der Waals surface area (Å²) in [4.78, 5) is 11.8. The maximum atomic E-state index is 11.8. The quantitative estimate of drug-likeness (QED) is 0.632. The Kier molecular flexibility index (Phi) is 4.90. The summed E-state index contributed by atoms with van der Waals surface area (Å²) in [6, 6.07) is 5.05. The average Bonchev–Trinajstić information content (AvgIpc) is 2.30. The van der Waals surface area contributed by atoms with Crippen molar-refractivity contribution >= 4 is 21.3 Å². The minimum Gasteiger partial charge on any atom is -0.398 e. The molecule has 0 amide bonds. The molecular weight excluding hydrogens is 250 g/mol. The lowest BCUT2D eigenvalue weighted by Gasteiger charge is -2.05. The highest BCUT2D eigenvalue weighted by Crippen LogP contribution is 2.14. The summed E-state index contributed by atoms with van der Waals surface area (Å²) in [5.74, 6) is -0.134. The van der Waals surface area contributed by atoms with Crippen LogP contribution in [0.2, 0.25) is 0 Å². The van der Waals surface area contributed by atoms with Gasteiger partial charge in [-0.1, -0.05) is 19.1 Å². The van der Waals surface area contributed by atoms with E-state index in [0.29, 0.717) is 17.7 Å². The first-order chi connectivity index (χ1) is 8.35. The fourth-order valence-electron chi connectivity index (χ4n) is 1.62. The Labute approximate surface area is 108 Å². The van der Waals surface area contributed by atoms with Crippen LogP contribution in [0.15, 0.2) is 18.2 Å². The van der Waals surface area contributed by atoms with Crippen LogP contribution in [0.4, 0.5) is 5.69 Å². The SMILES string of the molecule is CCCS(=O)(=O)CCC(=O)c1ccc(C)c(N)c1. The van der Waals surface area contributed by atoms with Crippen molar-refractivity contribution < 1.29 is 13.2 Å². The third-order valence-electron chi connectivity index (χ3n) is 2.76. The monoisotopic (exact) mass is 269 g/mol. The van der Waals surface area contributed by atoms with Gasteiger partial charge in [-0.25, -0.2) is 8.42 Å². The second kappa shape index (κ2) is 6.00. The molecule has 0 aliphatic carbocycles. The number of hydrogen-bond donors (Lipinski definition) is 1. The van der Waals surface area contributed by atoms with Gasteiger partial charge in [-0.05, 0) is 25.0 Å². The molecule has 0 aliphatic rings. The van der Waals surface area contributed by atoms with Crippen molar-refractivity contribution in [2.45, 2.75) is 26.7 Å². The fraction of sp³-hybridized carbons (Fsp3) is 0.462. The molecule has 0 aromatic heterocycles. The predicted octanol–water partition coefficient (Wildman–Crippen LogP) is 1.97. The normalized spacial score (nSPS) is 11.4. The van der Waals surface area contributed by atoms with Crippen molar-refractivity contribution in [2.75, 3.05) is 17.2 Å². The number of sulfone groups is 1. The number of Topliss-reactive ketones (excluding diaryl/α,β-unsaturated/α-hetero) is 1. The standard InChI is InChI=1S/C13H19NO3S/c1-3-7-18(16,17)8-6-13(15)11-5-4-10(2)12(14)9-11/h4-5,9H,3,6-8,14H2,1-2H3. The topological polar surface area (TPSA) is 77.2 Å². The number of hydrogen-bond acceptors (Lipinski definition) is 4. The van der Waals surface area contributed by atoms with Crippen LogP contribution < -0.4 is 5.73 Å². The van der Waals surface area contributed by atoms with E-state index in [2.05, 4.69) is 0 Å². The molecule has 5 heteroatoms. The molecule has 4 nitrogen and oxygen atoms in total. The Morgan fingerprint density at radius 2 is 1.94 bits per heavy atom. The molecule has 0 bridgehead atoms. The molecule has 0 spiro atoms. The third-order valence-corrected chi connectivity index (χ3v) is 4.61. The zero-order valence-corrected chi connectivity index (χ0v) is 11.6. The molecule has 0 radical (unpaired) electrons. The van der Waals surface area contributed by atoms with Crippen molar-refractivity contribution in [3.63, 3.8) is 0 Å². The van der Waals surface area contributed by atoms with E-state index in [1.807, 2.05) is 6.92 Å². The van der Waals surface area contributed by atoms with E-state index in [4.69, 9.17) is 5.73 Å². The number of rotatable bonds is 6. The molecule has 18 heavy (non-hydrogen) atoms. The van der Waals surface area contributed by atoms with Crippen LogP contribution in [0, 0.1) is 6.92 Å². The van der Waals surface area contributed by atoms with Crippen LogP contribution in [0.5, 0.6) is 0 Å². The summed E-state index contributed by atoms with van der Waals surface area (Å²) >= 11 is 0. The lowest BCUT2D eigenvalue weighted by molar-refractivity contribution is 0.0989. The molecule has 1 rings (SSSR count). The van der Waals surface area contributed by atoms with Gasteiger partial charge in [0.1, 0.15) is 0 Å². The van der Waals surface area contributed by atoms with Gasteiger partial charge in [0, 0.05) is 23.4 Å². The summed E-state index contributed by atoms with van der Waals surface area (Å²) in [5.41, 5.74) is 7.65. The Morgan fingerprint density at radius 3 is 2.50 bits per heavy atom. The van der Waals surface area contributed by atoms with Gasteiger partial charge >= 0.3 is 0 Å². The number of aryl methyl sites for hydroxylation is 1. The number of carbonyl (C=O) groups excluding carboxylic acids is 1. The van der Waals surface area contributed by atoms with Gasteiger partial charge in [-0.2, -0.15) is 0 Å². The molecule has 1 aromatic rings. The van der Waals surface area contributed by atoms with Crippen molar-refractivity contribution in [2.24, 2.45) is 0 Å². The Morgan fingerprint density at radius 1 is 1.28 bits per heavy atom. The van der Waals surface area contributed by atoms with Crippen molar-refractivity contribution in [3.05, 3.63) is 29.3 Å². The van der Waals surface area contributed by atoms with Crippen LogP contribution in [0.25, 0.3) is 0 Å². The van der Waals surface area contributed by atoms with E-state index in [0.717, 1.165) is 5.56 Å². The van der Waals surface area contributed by atoms with Gasteiger partial charge in [0.2, 0.25) is 0 Å². The number of nitrogen functional groups attached to an aromatic ring is 1. The van der Waals surface area contributed by atoms with Crippen LogP contribution in [0.1, 0.15) is 35.7 Å². The number of anilines is 1. The minimum absolute atomic E-state index is 0.0187. The zero-order chi connectivity index (χ0) is 13.8. The molecular formula is C13H19NO3S. The fourth-order valence-corrected chi connectivity index (χ4v) is 2.94. The van der Waals surface area contributed by atoms with Crippen LogP contribution in [-0.4, -0.2) is 25.7 Å². The summed E-state index contributed by atoms with van der Waals surface area (Å²) in [6.45, 7) is 3.66. The number of ketones is 1. The summed E-state index contributed by atoms with van der Waals surface area (Å²) in [6.07, 6.45) is 0.596. The number of carbonyl (C=O) groups is 1. The molecule has 0 fully saturated rings. The molecule has 2 N–H and O–H groups in total. The highest BCUT2D eigenvalue weighted by molar-refractivity contribution is 7.91. The van der Waals surface area contributed by atoms with Crippen LogP contribution in [0.3, 0.4) is 0 Å². The Balaban J connectivity index is 2.69. The van der Waals surface area contributed by atoms with Gasteiger partial charge in [-0.15, -0.1) is 0 Å². The maximum Gasteiger partial charge on any atom is 0.163 e. The largest absolute Gasteiger partial charge is 0.398 e. The highest BCUT2D eigenvalue weighted by atomic mass is 32.2. The first-order valence-electron chi connectivity index (χ1n) is 5.95. The lowest BCUT2D eigenvalue weighted by Crippen LogP contribution is -2.14. The van der Waals surface area contributed by atoms with Crippen LogP contribution >= 0.6 is 0 Å². The molecule has 0 saturated heterocycles. The van der Waals surface area contributed by atoms with E-state index in [1.165, 1.54) is 0 Å². The van der Waals surface area contributed by atoms with Gasteiger partial charge in [0.25, 0.3) is 0 Å². The highest BCUT2D eigenvalue weighted by Gasteiger charge is 2.14. The molecule has 0 aliphatic heterocycles. The zero-order valence-electron chi connectivity index (χ0n) is 10.8. The predicted molar refractivity (Wildman–Crippen MR) is 73.5 cm³/mol. The number of benzene rings is 1. The Hall–Kier alpha value is -1.36. The summed E-state index contributed by atoms with van der Waals surface area (Å²) in [5, 5.41) is 0. The third kappa shape index (κ3) is 4.14.